The molecule has 0 aliphatic heterocycles. The van der Waals surface area contributed by atoms with E-state index in [-0.39, 0.29) is 11.9 Å². The van der Waals surface area contributed by atoms with E-state index in [1.165, 1.54) is 0 Å². The van der Waals surface area contributed by atoms with E-state index in [0.717, 1.165) is 32.2 Å². The predicted octanol–water partition coefficient (Wildman–Crippen LogP) is 1.99. The predicted molar refractivity (Wildman–Crippen MR) is 82.1 cm³/mol. The maximum Gasteiger partial charge on any atom is 0.221 e. The van der Waals surface area contributed by atoms with Crippen molar-refractivity contribution < 1.29 is 4.79 Å². The highest BCUT2D eigenvalue weighted by molar-refractivity contribution is 5.76. The number of carbonyl (C=O) groups is 1. The molecule has 0 heterocycles. The van der Waals surface area contributed by atoms with Crippen molar-refractivity contribution in [1.82, 2.24) is 10.2 Å². The number of nitrogens with one attached hydrogen (secondary N) is 1. The van der Waals surface area contributed by atoms with Crippen LogP contribution in [0.3, 0.4) is 0 Å². The molecule has 0 radical (unpaired) electrons. The number of likely N-dealkylation sites (N-methyl/N-ethyl adjacent to an activating group) is 1. The maximum absolute atomic E-state index is 11.8. The highest BCUT2D eigenvalue weighted by Crippen LogP contribution is 2.16. The molecule has 0 saturated carbocycles. The molecule has 0 rings (SSSR count). The Morgan fingerprint density at radius 3 is 2.21 bits per heavy atom. The number of hydrogen-bond acceptors (Lipinski definition) is 3. The molecule has 3 N–H and O–H groups in total. The SMILES string of the molecule is CCCC(N)CC(=O)NCC(C(CC)CC)N(C)C. The Morgan fingerprint density at radius 1 is 1.21 bits per heavy atom. The third-order valence-electron chi connectivity index (χ3n) is 3.87. The van der Waals surface area contributed by atoms with Crippen LogP contribution >= 0.6 is 0 Å². The van der Waals surface area contributed by atoms with Crippen LogP contribution < -0.4 is 11.1 Å². The fourth-order valence-corrected chi connectivity index (χ4v) is 2.61. The summed E-state index contributed by atoms with van der Waals surface area (Å²) in [5, 5.41) is 3.04. The lowest BCUT2D eigenvalue weighted by Crippen LogP contribution is -2.45. The van der Waals surface area contributed by atoms with Gasteiger partial charge in [0.15, 0.2) is 0 Å². The lowest BCUT2D eigenvalue weighted by molar-refractivity contribution is -0.121. The van der Waals surface area contributed by atoms with Gasteiger partial charge in [-0.15, -0.1) is 0 Å². The number of nitrogens with two attached hydrogens (primary N) is 1. The van der Waals surface area contributed by atoms with E-state index in [0.29, 0.717) is 18.4 Å². The molecule has 19 heavy (non-hydrogen) atoms. The molecule has 0 fully saturated rings. The average molecular weight is 271 g/mol. The zero-order valence-electron chi connectivity index (χ0n) is 13.4. The minimum Gasteiger partial charge on any atom is -0.354 e. The van der Waals surface area contributed by atoms with Crippen molar-refractivity contribution in [2.75, 3.05) is 20.6 Å². The molecule has 2 unspecified atom stereocenters. The van der Waals surface area contributed by atoms with Gasteiger partial charge in [0.2, 0.25) is 5.91 Å². The van der Waals surface area contributed by atoms with Crippen LogP contribution in [0.2, 0.25) is 0 Å². The van der Waals surface area contributed by atoms with Gasteiger partial charge in [0.25, 0.3) is 0 Å². The normalized spacial score (nSPS) is 14.7. The zero-order chi connectivity index (χ0) is 14.8. The Labute approximate surface area is 119 Å². The number of carbonyl (C=O) groups excluding carboxylic acids is 1. The van der Waals surface area contributed by atoms with Crippen LogP contribution in [0.5, 0.6) is 0 Å². The molecule has 0 aliphatic rings. The summed E-state index contributed by atoms with van der Waals surface area (Å²) in [6.07, 6.45) is 4.67. The molecule has 0 bridgehead atoms. The summed E-state index contributed by atoms with van der Waals surface area (Å²) in [5.74, 6) is 0.707. The minimum atomic E-state index is -0.00375. The van der Waals surface area contributed by atoms with E-state index < -0.39 is 0 Å². The van der Waals surface area contributed by atoms with Crippen LogP contribution in [0, 0.1) is 5.92 Å². The lowest BCUT2D eigenvalue weighted by atomic mass is 9.93. The number of amides is 1. The summed E-state index contributed by atoms with van der Waals surface area (Å²) in [6.45, 7) is 7.23. The second-order valence-corrected chi connectivity index (χ2v) is 5.66. The highest BCUT2D eigenvalue weighted by Gasteiger charge is 2.21. The molecule has 0 aromatic heterocycles. The summed E-state index contributed by atoms with van der Waals surface area (Å²) >= 11 is 0. The van der Waals surface area contributed by atoms with Crippen molar-refractivity contribution >= 4 is 5.91 Å². The van der Waals surface area contributed by atoms with E-state index in [1.54, 1.807) is 0 Å². The monoisotopic (exact) mass is 271 g/mol. The second-order valence-electron chi connectivity index (χ2n) is 5.66. The topological polar surface area (TPSA) is 58.4 Å². The first kappa shape index (κ1) is 18.4. The van der Waals surface area contributed by atoms with Crippen molar-refractivity contribution in [2.45, 2.75) is 65.0 Å². The first-order valence-corrected chi connectivity index (χ1v) is 7.64. The summed E-state index contributed by atoms with van der Waals surface area (Å²) in [4.78, 5) is 14.1. The molecular weight excluding hydrogens is 238 g/mol. The Balaban J connectivity index is 4.21. The fourth-order valence-electron chi connectivity index (χ4n) is 2.61. The van der Waals surface area contributed by atoms with Crippen molar-refractivity contribution in [1.29, 1.82) is 0 Å². The molecule has 0 saturated heterocycles. The molecule has 0 aliphatic carbocycles. The van der Waals surface area contributed by atoms with Crippen LogP contribution in [0.1, 0.15) is 52.9 Å². The van der Waals surface area contributed by atoms with Crippen molar-refractivity contribution in [3.63, 3.8) is 0 Å². The molecule has 0 spiro atoms. The van der Waals surface area contributed by atoms with E-state index in [1.807, 2.05) is 0 Å². The van der Waals surface area contributed by atoms with Crippen LogP contribution in [-0.2, 0) is 4.79 Å². The zero-order valence-corrected chi connectivity index (χ0v) is 13.4. The van der Waals surface area contributed by atoms with Crippen LogP contribution in [0.25, 0.3) is 0 Å². The molecule has 2 atom stereocenters. The van der Waals surface area contributed by atoms with Gasteiger partial charge in [-0.05, 0) is 26.4 Å². The summed E-state index contributed by atoms with van der Waals surface area (Å²) in [7, 11) is 4.16. The number of nitrogens with zero attached hydrogens (tertiary/aromatic N) is 1. The molecule has 1 amide bonds. The smallest absolute Gasteiger partial charge is 0.221 e. The third kappa shape index (κ3) is 7.53. The van der Waals surface area contributed by atoms with Gasteiger partial charge in [0.1, 0.15) is 0 Å². The summed E-state index contributed by atoms with van der Waals surface area (Å²) in [6, 6.07) is 0.400. The van der Waals surface area contributed by atoms with Crippen LogP contribution in [0.4, 0.5) is 0 Å². The fraction of sp³-hybridized carbons (Fsp3) is 0.933. The molecule has 114 valence electrons. The Kier molecular flexibility index (Phi) is 9.88. The number of rotatable bonds is 10. The molecule has 4 heteroatoms. The first-order chi connectivity index (χ1) is 8.96. The second kappa shape index (κ2) is 10.2. The van der Waals surface area contributed by atoms with Gasteiger partial charge in [0, 0.05) is 25.0 Å². The third-order valence-corrected chi connectivity index (χ3v) is 3.87. The molecule has 0 aromatic rings. The van der Waals surface area contributed by atoms with E-state index in [9.17, 15) is 4.79 Å². The van der Waals surface area contributed by atoms with E-state index in [4.69, 9.17) is 5.73 Å². The van der Waals surface area contributed by atoms with E-state index >= 15 is 0 Å². The van der Waals surface area contributed by atoms with Crippen molar-refractivity contribution in [2.24, 2.45) is 11.7 Å². The van der Waals surface area contributed by atoms with Crippen molar-refractivity contribution in [3.8, 4) is 0 Å². The van der Waals surface area contributed by atoms with Gasteiger partial charge in [-0.1, -0.05) is 40.0 Å². The summed E-state index contributed by atoms with van der Waals surface area (Å²) in [5.41, 5.74) is 5.89. The lowest BCUT2D eigenvalue weighted by Gasteiger charge is -2.31. The van der Waals surface area contributed by atoms with Gasteiger partial charge in [0.05, 0.1) is 0 Å². The Hall–Kier alpha value is -0.610. The maximum atomic E-state index is 11.8. The van der Waals surface area contributed by atoms with Gasteiger partial charge in [-0.25, -0.2) is 0 Å². The number of hydrogen-bond donors (Lipinski definition) is 2. The van der Waals surface area contributed by atoms with Gasteiger partial charge < -0.3 is 16.0 Å². The van der Waals surface area contributed by atoms with Crippen LogP contribution in [0.15, 0.2) is 0 Å². The average Bonchev–Trinajstić information content (AvgIpc) is 2.34. The summed E-state index contributed by atoms with van der Waals surface area (Å²) < 4.78 is 0. The van der Waals surface area contributed by atoms with Gasteiger partial charge in [-0.2, -0.15) is 0 Å². The molecule has 0 aromatic carbocycles. The van der Waals surface area contributed by atoms with Crippen LogP contribution in [-0.4, -0.2) is 43.5 Å². The highest BCUT2D eigenvalue weighted by atomic mass is 16.1. The van der Waals surface area contributed by atoms with Crippen molar-refractivity contribution in [3.05, 3.63) is 0 Å². The molecule has 4 nitrogen and oxygen atoms in total. The standard InChI is InChI=1S/C15H33N3O/c1-6-9-13(16)10-15(19)17-11-14(18(4)5)12(7-2)8-3/h12-14H,6-11,16H2,1-5H3,(H,17,19). The van der Waals surface area contributed by atoms with Gasteiger partial charge in [-0.3, -0.25) is 4.79 Å². The van der Waals surface area contributed by atoms with E-state index in [2.05, 4.69) is 45.1 Å². The minimum absolute atomic E-state index is 0.00375. The quantitative estimate of drug-likeness (QED) is 0.639. The Morgan fingerprint density at radius 2 is 1.79 bits per heavy atom. The Bertz CT molecular complexity index is 240. The first-order valence-electron chi connectivity index (χ1n) is 7.64. The molecular formula is C15H33N3O. The van der Waals surface area contributed by atoms with Gasteiger partial charge >= 0.3 is 0 Å². The largest absolute Gasteiger partial charge is 0.354 e.